The van der Waals surface area contributed by atoms with Crippen LogP contribution in [0.15, 0.2) is 29.3 Å². The lowest BCUT2D eigenvalue weighted by Crippen LogP contribution is -2.00. The Kier molecular flexibility index (Phi) is 4.21. The number of rotatable bonds is 4. The second kappa shape index (κ2) is 5.69. The normalized spacial score (nSPS) is 10.6. The molecule has 0 fully saturated rings. The number of aromatic nitrogens is 1. The lowest BCUT2D eigenvalue weighted by atomic mass is 10.2. The number of thiazole rings is 1. The van der Waals surface area contributed by atoms with E-state index in [1.807, 2.05) is 0 Å². The molecule has 0 radical (unpaired) electrons. The largest absolute Gasteiger partial charge is 0.478 e. The zero-order valence-electron chi connectivity index (χ0n) is 8.89. The van der Waals surface area contributed by atoms with Crippen LogP contribution in [0.25, 0.3) is 0 Å². The van der Waals surface area contributed by atoms with Crippen LogP contribution in [0.5, 0.6) is 0 Å². The molecule has 0 saturated carbocycles. The van der Waals surface area contributed by atoms with Crippen LogP contribution >= 0.6 is 34.7 Å². The first-order valence-electron chi connectivity index (χ1n) is 4.82. The van der Waals surface area contributed by atoms with E-state index < -0.39 is 11.8 Å². The van der Waals surface area contributed by atoms with E-state index >= 15 is 0 Å². The lowest BCUT2D eigenvalue weighted by molar-refractivity contribution is 0.0691. The van der Waals surface area contributed by atoms with Gasteiger partial charge in [0, 0.05) is 21.7 Å². The summed E-state index contributed by atoms with van der Waals surface area (Å²) in [7, 11) is 0. The molecule has 2 rings (SSSR count). The molecule has 0 bridgehead atoms. The number of benzene rings is 1. The molecule has 0 aliphatic carbocycles. The standard InChI is InChI=1S/C11H7ClFNO2S2/c12-11-14-4-7(18-11)5-17-6-1-2-9(13)8(3-6)10(15)16/h1-4H,5H2,(H,15,16). The van der Waals surface area contributed by atoms with Gasteiger partial charge in [0.1, 0.15) is 5.82 Å². The van der Waals surface area contributed by atoms with Crippen molar-refractivity contribution >= 4 is 40.7 Å². The highest BCUT2D eigenvalue weighted by Crippen LogP contribution is 2.28. The Morgan fingerprint density at radius 2 is 2.33 bits per heavy atom. The first-order chi connectivity index (χ1) is 8.56. The van der Waals surface area contributed by atoms with Crippen LogP contribution in [-0.2, 0) is 5.75 Å². The quantitative estimate of drug-likeness (QED) is 0.870. The van der Waals surface area contributed by atoms with Crippen molar-refractivity contribution in [2.45, 2.75) is 10.6 Å². The van der Waals surface area contributed by atoms with Crippen molar-refractivity contribution in [2.75, 3.05) is 0 Å². The van der Waals surface area contributed by atoms with Crippen molar-refractivity contribution in [1.29, 1.82) is 0 Å². The third-order valence-corrected chi connectivity index (χ3v) is 4.41. The third kappa shape index (κ3) is 3.22. The van der Waals surface area contributed by atoms with Gasteiger partial charge in [-0.3, -0.25) is 0 Å². The van der Waals surface area contributed by atoms with Crippen molar-refractivity contribution in [2.24, 2.45) is 0 Å². The minimum atomic E-state index is -1.27. The Morgan fingerprint density at radius 3 is 2.94 bits per heavy atom. The SMILES string of the molecule is O=C(O)c1cc(SCc2cnc(Cl)s2)ccc1F. The lowest BCUT2D eigenvalue weighted by Gasteiger charge is -2.02. The zero-order valence-corrected chi connectivity index (χ0v) is 11.3. The van der Waals surface area contributed by atoms with Crippen LogP contribution in [0.4, 0.5) is 4.39 Å². The average molecular weight is 304 g/mol. The van der Waals surface area contributed by atoms with Crippen molar-refractivity contribution in [3.8, 4) is 0 Å². The van der Waals surface area contributed by atoms with Crippen molar-refractivity contribution < 1.29 is 14.3 Å². The van der Waals surface area contributed by atoms with Gasteiger partial charge in [-0.25, -0.2) is 14.2 Å². The van der Waals surface area contributed by atoms with E-state index in [1.54, 1.807) is 12.3 Å². The van der Waals surface area contributed by atoms with E-state index in [0.29, 0.717) is 15.1 Å². The van der Waals surface area contributed by atoms with Gasteiger partial charge in [-0.15, -0.1) is 23.1 Å². The number of halogens is 2. The summed E-state index contributed by atoms with van der Waals surface area (Å²) in [5.41, 5.74) is -0.317. The highest BCUT2D eigenvalue weighted by molar-refractivity contribution is 7.98. The summed E-state index contributed by atoms with van der Waals surface area (Å²) in [6.45, 7) is 0. The average Bonchev–Trinajstić information content (AvgIpc) is 2.74. The van der Waals surface area contributed by atoms with Gasteiger partial charge >= 0.3 is 5.97 Å². The topological polar surface area (TPSA) is 50.2 Å². The number of aromatic carboxylic acids is 1. The first-order valence-corrected chi connectivity index (χ1v) is 7.00. The Bertz CT molecular complexity index is 588. The van der Waals surface area contributed by atoms with Crippen molar-refractivity contribution in [3.05, 3.63) is 45.1 Å². The van der Waals surface area contributed by atoms with Gasteiger partial charge in [0.05, 0.1) is 5.56 Å². The molecule has 94 valence electrons. The van der Waals surface area contributed by atoms with Gasteiger partial charge in [-0.2, -0.15) is 0 Å². The van der Waals surface area contributed by atoms with Crippen LogP contribution in [0.2, 0.25) is 4.47 Å². The number of hydrogen-bond acceptors (Lipinski definition) is 4. The fourth-order valence-electron chi connectivity index (χ4n) is 1.26. The highest BCUT2D eigenvalue weighted by atomic mass is 35.5. The summed E-state index contributed by atoms with van der Waals surface area (Å²) in [4.78, 5) is 16.4. The highest BCUT2D eigenvalue weighted by Gasteiger charge is 2.11. The molecule has 0 aliphatic rings. The number of carboxylic acid groups (broad SMARTS) is 1. The van der Waals surface area contributed by atoms with E-state index in [0.717, 1.165) is 10.9 Å². The predicted molar refractivity (Wildman–Crippen MR) is 70.0 cm³/mol. The summed E-state index contributed by atoms with van der Waals surface area (Å²) in [6.07, 6.45) is 1.67. The monoisotopic (exact) mass is 303 g/mol. The summed E-state index contributed by atoms with van der Waals surface area (Å²) < 4.78 is 13.6. The van der Waals surface area contributed by atoms with Crippen LogP contribution in [-0.4, -0.2) is 16.1 Å². The molecule has 2 aromatic rings. The maximum Gasteiger partial charge on any atom is 0.338 e. The zero-order chi connectivity index (χ0) is 13.1. The molecule has 1 heterocycles. The summed E-state index contributed by atoms with van der Waals surface area (Å²) >= 11 is 8.47. The molecule has 7 heteroatoms. The van der Waals surface area contributed by atoms with E-state index in [4.69, 9.17) is 16.7 Å². The van der Waals surface area contributed by atoms with E-state index in [-0.39, 0.29) is 5.56 Å². The van der Waals surface area contributed by atoms with Gasteiger partial charge in [0.2, 0.25) is 0 Å². The van der Waals surface area contributed by atoms with Gasteiger partial charge in [-0.1, -0.05) is 11.6 Å². The van der Waals surface area contributed by atoms with Gasteiger partial charge in [-0.05, 0) is 18.2 Å². The van der Waals surface area contributed by atoms with Crippen LogP contribution in [0, 0.1) is 5.82 Å². The molecule has 1 aromatic heterocycles. The fraction of sp³-hybridized carbons (Fsp3) is 0.0909. The third-order valence-electron chi connectivity index (χ3n) is 2.07. The number of thioether (sulfide) groups is 1. The fourth-order valence-corrected chi connectivity index (χ4v) is 3.20. The summed E-state index contributed by atoms with van der Waals surface area (Å²) in [5.74, 6) is -1.38. The molecule has 0 amide bonds. The number of hydrogen-bond donors (Lipinski definition) is 1. The van der Waals surface area contributed by atoms with E-state index in [9.17, 15) is 9.18 Å². The molecule has 0 atom stereocenters. The maximum atomic E-state index is 13.2. The minimum Gasteiger partial charge on any atom is -0.478 e. The van der Waals surface area contributed by atoms with Gasteiger partial charge in [0.15, 0.2) is 4.47 Å². The molecule has 0 saturated heterocycles. The number of carbonyl (C=O) groups is 1. The Hall–Kier alpha value is -1.11. The van der Waals surface area contributed by atoms with Crippen molar-refractivity contribution in [1.82, 2.24) is 4.98 Å². The predicted octanol–water partition coefficient (Wildman–Crippen LogP) is 3.93. The van der Waals surface area contributed by atoms with Gasteiger partial charge in [0.25, 0.3) is 0 Å². The van der Waals surface area contributed by atoms with Crippen LogP contribution < -0.4 is 0 Å². The second-order valence-electron chi connectivity index (χ2n) is 3.32. The molecule has 1 N–H and O–H groups in total. The summed E-state index contributed by atoms with van der Waals surface area (Å²) in [5, 5.41) is 8.80. The Balaban J connectivity index is 2.10. The van der Waals surface area contributed by atoms with Gasteiger partial charge < -0.3 is 5.11 Å². The molecular weight excluding hydrogens is 297 g/mol. The molecular formula is C11H7ClFNO2S2. The van der Waals surface area contributed by atoms with E-state index in [1.165, 1.54) is 29.2 Å². The maximum absolute atomic E-state index is 13.2. The van der Waals surface area contributed by atoms with E-state index in [2.05, 4.69) is 4.98 Å². The Labute approximate surface area is 116 Å². The second-order valence-corrected chi connectivity index (χ2v) is 6.06. The number of carboxylic acids is 1. The number of nitrogens with zero attached hydrogens (tertiary/aromatic N) is 1. The molecule has 0 spiro atoms. The first kappa shape index (κ1) is 13.3. The Morgan fingerprint density at radius 1 is 1.56 bits per heavy atom. The van der Waals surface area contributed by atoms with Crippen molar-refractivity contribution in [3.63, 3.8) is 0 Å². The van der Waals surface area contributed by atoms with Crippen LogP contribution in [0.3, 0.4) is 0 Å². The summed E-state index contributed by atoms with van der Waals surface area (Å²) in [6, 6.07) is 4.03. The minimum absolute atomic E-state index is 0.317. The molecule has 0 aliphatic heterocycles. The molecule has 18 heavy (non-hydrogen) atoms. The molecule has 3 nitrogen and oxygen atoms in total. The molecule has 0 unspecified atom stereocenters. The van der Waals surface area contributed by atoms with Crippen LogP contribution in [0.1, 0.15) is 15.2 Å². The smallest absolute Gasteiger partial charge is 0.338 e. The molecule has 1 aromatic carbocycles.